The molecule has 0 radical (unpaired) electrons. The first-order valence-electron chi connectivity index (χ1n) is 5.05. The van der Waals surface area contributed by atoms with Gasteiger partial charge in [-0.05, 0) is 26.7 Å². The fraction of sp³-hybridized carbons (Fsp3) is 0.818. The molecule has 0 amide bonds. The molecule has 0 aromatic rings. The average molecular weight is 168 g/mol. The van der Waals surface area contributed by atoms with Gasteiger partial charge in [-0.2, -0.15) is 0 Å². The third kappa shape index (κ3) is 2.98. The molecule has 1 rings (SSSR count). The van der Waals surface area contributed by atoms with E-state index >= 15 is 0 Å². The molecule has 2 unspecified atom stereocenters. The second kappa shape index (κ2) is 4.66. The van der Waals surface area contributed by atoms with E-state index in [2.05, 4.69) is 26.8 Å². The summed E-state index contributed by atoms with van der Waals surface area (Å²) < 4.78 is 5.78. The van der Waals surface area contributed by atoms with Gasteiger partial charge in [0.05, 0.1) is 12.2 Å². The second-order valence-electron chi connectivity index (χ2n) is 3.84. The zero-order valence-corrected chi connectivity index (χ0v) is 8.47. The highest BCUT2D eigenvalue weighted by atomic mass is 16.5. The maximum absolute atomic E-state index is 5.78. The van der Waals surface area contributed by atoms with Crippen LogP contribution in [0.4, 0.5) is 0 Å². The van der Waals surface area contributed by atoms with E-state index in [0.717, 1.165) is 6.42 Å². The van der Waals surface area contributed by atoms with Crippen LogP contribution in [0.5, 0.6) is 0 Å². The Morgan fingerprint density at radius 2 is 2.33 bits per heavy atom. The minimum atomic E-state index is 0.397. The van der Waals surface area contributed by atoms with Gasteiger partial charge in [-0.3, -0.25) is 0 Å². The number of rotatable bonds is 3. The summed E-state index contributed by atoms with van der Waals surface area (Å²) >= 11 is 0. The highest BCUT2D eigenvalue weighted by Crippen LogP contribution is 2.21. The third-order valence-electron chi connectivity index (χ3n) is 2.33. The monoisotopic (exact) mass is 168 g/mol. The molecule has 1 heteroatoms. The predicted octanol–water partition coefficient (Wildman–Crippen LogP) is 3.30. The van der Waals surface area contributed by atoms with Gasteiger partial charge in [-0.1, -0.05) is 31.4 Å². The van der Waals surface area contributed by atoms with Gasteiger partial charge < -0.3 is 4.74 Å². The Morgan fingerprint density at radius 1 is 1.58 bits per heavy atom. The van der Waals surface area contributed by atoms with Crippen LogP contribution in [0.25, 0.3) is 0 Å². The van der Waals surface area contributed by atoms with Crippen molar-refractivity contribution in [3.63, 3.8) is 0 Å². The molecule has 12 heavy (non-hydrogen) atoms. The minimum absolute atomic E-state index is 0.397. The topological polar surface area (TPSA) is 9.23 Å². The van der Waals surface area contributed by atoms with E-state index in [4.69, 9.17) is 4.74 Å². The van der Waals surface area contributed by atoms with Crippen molar-refractivity contribution in [2.24, 2.45) is 0 Å². The van der Waals surface area contributed by atoms with Gasteiger partial charge in [0.25, 0.3) is 0 Å². The summed E-state index contributed by atoms with van der Waals surface area (Å²) in [7, 11) is 0. The summed E-state index contributed by atoms with van der Waals surface area (Å²) in [5.41, 5.74) is 1.50. The molecule has 0 N–H and O–H groups in total. The van der Waals surface area contributed by atoms with E-state index in [0.29, 0.717) is 12.2 Å². The number of ether oxygens (including phenoxy) is 1. The Hall–Kier alpha value is -0.300. The molecule has 0 saturated carbocycles. The molecule has 0 bridgehead atoms. The van der Waals surface area contributed by atoms with Crippen LogP contribution in [-0.4, -0.2) is 12.2 Å². The van der Waals surface area contributed by atoms with Crippen LogP contribution < -0.4 is 0 Å². The van der Waals surface area contributed by atoms with Gasteiger partial charge in [0.1, 0.15) is 0 Å². The van der Waals surface area contributed by atoms with Gasteiger partial charge in [0, 0.05) is 0 Å². The fourth-order valence-corrected chi connectivity index (χ4v) is 1.78. The highest BCUT2D eigenvalue weighted by molar-refractivity contribution is 5.06. The largest absolute Gasteiger partial charge is 0.371 e. The van der Waals surface area contributed by atoms with Crippen molar-refractivity contribution in [2.45, 2.75) is 58.7 Å². The van der Waals surface area contributed by atoms with Crippen LogP contribution in [0.2, 0.25) is 0 Å². The molecule has 0 aromatic carbocycles. The number of unbranched alkanes of at least 4 members (excludes halogenated alkanes) is 1. The first-order chi connectivity index (χ1) is 5.72. The summed E-state index contributed by atoms with van der Waals surface area (Å²) in [5.74, 6) is 0. The van der Waals surface area contributed by atoms with Crippen molar-refractivity contribution < 1.29 is 4.74 Å². The zero-order valence-electron chi connectivity index (χ0n) is 8.47. The Kier molecular flexibility index (Phi) is 3.80. The van der Waals surface area contributed by atoms with E-state index in [-0.39, 0.29) is 0 Å². The molecule has 2 atom stereocenters. The number of hydrogen-bond donors (Lipinski definition) is 0. The van der Waals surface area contributed by atoms with Crippen LogP contribution in [0.1, 0.15) is 46.5 Å². The molecule has 1 heterocycles. The van der Waals surface area contributed by atoms with Crippen molar-refractivity contribution in [1.29, 1.82) is 0 Å². The molecule has 0 aromatic heterocycles. The molecular weight excluding hydrogens is 148 g/mol. The second-order valence-corrected chi connectivity index (χ2v) is 3.84. The lowest BCUT2D eigenvalue weighted by Crippen LogP contribution is -2.23. The van der Waals surface area contributed by atoms with Gasteiger partial charge >= 0.3 is 0 Å². The lowest BCUT2D eigenvalue weighted by atomic mass is 10.0. The third-order valence-corrected chi connectivity index (χ3v) is 2.33. The average Bonchev–Trinajstić information content (AvgIpc) is 1.99. The van der Waals surface area contributed by atoms with E-state index in [1.54, 1.807) is 0 Å². The Labute approximate surface area is 75.8 Å². The summed E-state index contributed by atoms with van der Waals surface area (Å²) in [5, 5.41) is 0. The quantitative estimate of drug-likeness (QED) is 0.587. The molecule has 1 aliphatic heterocycles. The van der Waals surface area contributed by atoms with Gasteiger partial charge in [0.15, 0.2) is 0 Å². The van der Waals surface area contributed by atoms with Crippen molar-refractivity contribution in [2.75, 3.05) is 0 Å². The maximum atomic E-state index is 5.78. The lowest BCUT2D eigenvalue weighted by Gasteiger charge is -2.25. The lowest BCUT2D eigenvalue weighted by molar-refractivity contribution is 0.00941. The van der Waals surface area contributed by atoms with Gasteiger partial charge in [-0.15, -0.1) is 0 Å². The van der Waals surface area contributed by atoms with Crippen LogP contribution in [-0.2, 0) is 4.74 Å². The van der Waals surface area contributed by atoms with Crippen LogP contribution in [0.15, 0.2) is 11.6 Å². The van der Waals surface area contributed by atoms with Gasteiger partial charge in [0.2, 0.25) is 0 Å². The van der Waals surface area contributed by atoms with E-state index in [1.807, 2.05) is 0 Å². The summed E-state index contributed by atoms with van der Waals surface area (Å²) in [6.07, 6.45) is 7.96. The van der Waals surface area contributed by atoms with Crippen LogP contribution >= 0.6 is 0 Å². The zero-order chi connectivity index (χ0) is 8.97. The van der Waals surface area contributed by atoms with E-state index in [1.165, 1.54) is 24.8 Å². The van der Waals surface area contributed by atoms with E-state index in [9.17, 15) is 0 Å². The predicted molar refractivity (Wildman–Crippen MR) is 52.2 cm³/mol. The van der Waals surface area contributed by atoms with Crippen LogP contribution in [0.3, 0.4) is 0 Å². The molecule has 1 nitrogen and oxygen atoms in total. The SMILES string of the molecule is CCCCC1C=C(C)CC(C)O1. The Balaban J connectivity index is 2.38. The normalized spacial score (nSPS) is 30.1. The fourth-order valence-electron chi connectivity index (χ4n) is 1.78. The smallest absolute Gasteiger partial charge is 0.0762 e. The highest BCUT2D eigenvalue weighted by Gasteiger charge is 2.16. The first-order valence-corrected chi connectivity index (χ1v) is 5.05. The summed E-state index contributed by atoms with van der Waals surface area (Å²) in [6.45, 7) is 6.59. The molecule has 1 aliphatic rings. The van der Waals surface area contributed by atoms with Crippen LogP contribution in [0, 0.1) is 0 Å². The molecule has 0 aliphatic carbocycles. The van der Waals surface area contributed by atoms with E-state index < -0.39 is 0 Å². The Morgan fingerprint density at radius 3 is 2.92 bits per heavy atom. The van der Waals surface area contributed by atoms with Crippen molar-refractivity contribution in [3.05, 3.63) is 11.6 Å². The number of hydrogen-bond acceptors (Lipinski definition) is 1. The van der Waals surface area contributed by atoms with Gasteiger partial charge in [-0.25, -0.2) is 0 Å². The molecule has 0 fully saturated rings. The standard InChI is InChI=1S/C11H20O/c1-4-5-6-11-8-9(2)7-10(3)12-11/h8,10-11H,4-7H2,1-3H3. The molecular formula is C11H20O. The summed E-state index contributed by atoms with van der Waals surface area (Å²) in [4.78, 5) is 0. The first kappa shape index (κ1) is 9.79. The molecule has 70 valence electrons. The van der Waals surface area contributed by atoms with Crippen molar-refractivity contribution in [3.8, 4) is 0 Å². The molecule has 0 saturated heterocycles. The van der Waals surface area contributed by atoms with Crippen molar-refractivity contribution >= 4 is 0 Å². The Bertz CT molecular complexity index is 160. The van der Waals surface area contributed by atoms with Crippen molar-refractivity contribution in [1.82, 2.24) is 0 Å². The molecule has 0 spiro atoms. The maximum Gasteiger partial charge on any atom is 0.0762 e. The minimum Gasteiger partial charge on any atom is -0.371 e. The summed E-state index contributed by atoms with van der Waals surface area (Å²) in [6, 6.07) is 0.